The number of aromatic nitrogens is 2. The number of hydrogen-bond donors (Lipinski definition) is 3. The van der Waals surface area contributed by atoms with Crippen LogP contribution in [-0.2, 0) is 31.3 Å². The SMILES string of the molecule is CC(C)(C)OC(=O)NCc1cccc2c1OCCCCOCC(C)(OPI)CC(C)(C)S(=O)c1ccc(cc1)-c1cnc(N)c(n1)C(=O)N2. The van der Waals surface area contributed by atoms with Crippen LogP contribution in [0, 0.1) is 0 Å². The highest BCUT2D eigenvalue weighted by atomic mass is 127. The average molecular weight is 826 g/mol. The van der Waals surface area contributed by atoms with E-state index in [1.54, 1.807) is 63.2 Å². The predicted molar refractivity (Wildman–Crippen MR) is 202 cm³/mol. The normalized spacial score (nSPS) is 20.7. The van der Waals surface area contributed by atoms with Gasteiger partial charge in [0.25, 0.3) is 5.91 Å². The van der Waals surface area contributed by atoms with Crippen molar-refractivity contribution in [2.75, 3.05) is 30.9 Å². The number of hydrogen-bond acceptors (Lipinski definition) is 10. The minimum absolute atomic E-state index is 0.0437. The molecule has 0 aliphatic carbocycles. The van der Waals surface area contributed by atoms with Crippen LogP contribution in [0.5, 0.6) is 5.75 Å². The molecule has 2 aliphatic heterocycles. The zero-order chi connectivity index (χ0) is 35.8. The first-order valence-electron chi connectivity index (χ1n) is 15.9. The molecule has 49 heavy (non-hydrogen) atoms. The van der Waals surface area contributed by atoms with E-state index in [0.29, 0.717) is 72.2 Å². The lowest BCUT2D eigenvalue weighted by Crippen LogP contribution is -2.42. The highest BCUT2D eigenvalue weighted by Gasteiger charge is 2.38. The van der Waals surface area contributed by atoms with Crippen molar-refractivity contribution < 1.29 is 32.5 Å². The van der Waals surface area contributed by atoms with Gasteiger partial charge < -0.3 is 35.1 Å². The number of nitrogens with zero attached hydrogens (tertiary/aromatic N) is 2. The number of anilines is 2. The molecule has 2 aromatic carbocycles. The number of carbonyl (C=O) groups excluding carboxylic acids is 2. The van der Waals surface area contributed by atoms with Gasteiger partial charge in [0.15, 0.2) is 11.5 Å². The highest BCUT2D eigenvalue weighted by molar-refractivity contribution is 14.2. The van der Waals surface area contributed by atoms with E-state index in [1.165, 1.54) is 6.20 Å². The van der Waals surface area contributed by atoms with E-state index in [0.717, 1.165) is 0 Å². The smallest absolute Gasteiger partial charge is 0.407 e. The molecule has 15 heteroatoms. The number of nitrogen functional groups attached to an aromatic ring is 1. The lowest BCUT2D eigenvalue weighted by Gasteiger charge is -2.36. The van der Waals surface area contributed by atoms with Gasteiger partial charge in [-0.25, -0.2) is 14.8 Å². The Morgan fingerprint density at radius 1 is 1.14 bits per heavy atom. The number of fused-ring (bicyclic) bond motifs is 13. The molecule has 0 radical (unpaired) electrons. The minimum atomic E-state index is -1.36. The molecule has 3 heterocycles. The average Bonchev–Trinajstić information content (AvgIpc) is 3.02. The lowest BCUT2D eigenvalue weighted by molar-refractivity contribution is -0.0157. The molecule has 266 valence electrons. The molecule has 1 aromatic heterocycles. The van der Waals surface area contributed by atoms with Crippen LogP contribution in [0.1, 0.15) is 76.9 Å². The Balaban J connectivity index is 1.68. The van der Waals surface area contributed by atoms with Gasteiger partial charge in [-0.05, 0) is 101 Å². The third kappa shape index (κ3) is 11.0. The van der Waals surface area contributed by atoms with Crippen LogP contribution in [0.4, 0.5) is 16.3 Å². The molecule has 0 fully saturated rings. The molecule has 4 bridgehead atoms. The van der Waals surface area contributed by atoms with Crippen LogP contribution >= 0.6 is 28.5 Å². The zero-order valence-electron chi connectivity index (χ0n) is 28.7. The molecule has 3 aromatic rings. The Hall–Kier alpha value is -2.91. The van der Waals surface area contributed by atoms with E-state index in [4.69, 9.17) is 24.5 Å². The molecule has 4 N–H and O–H groups in total. The van der Waals surface area contributed by atoms with Crippen molar-refractivity contribution >= 4 is 62.8 Å². The number of halogens is 1. The van der Waals surface area contributed by atoms with E-state index in [-0.39, 0.29) is 24.5 Å². The van der Waals surface area contributed by atoms with Crippen LogP contribution < -0.4 is 21.1 Å². The molecule has 0 saturated heterocycles. The quantitative estimate of drug-likeness (QED) is 0.181. The van der Waals surface area contributed by atoms with Gasteiger partial charge in [0.2, 0.25) is 0 Å². The van der Waals surface area contributed by atoms with Crippen molar-refractivity contribution in [1.29, 1.82) is 0 Å². The largest absolute Gasteiger partial charge is 0.491 e. The number of benzene rings is 2. The van der Waals surface area contributed by atoms with E-state index in [2.05, 4.69) is 42.6 Å². The van der Waals surface area contributed by atoms with E-state index >= 15 is 0 Å². The molecular weight excluding hydrogens is 780 g/mol. The summed E-state index contributed by atoms with van der Waals surface area (Å²) in [6.45, 7) is 12.7. The van der Waals surface area contributed by atoms with Crippen LogP contribution in [-0.4, -0.2) is 61.9 Å². The Bertz CT molecular complexity index is 1650. The maximum atomic E-state index is 13.8. The maximum absolute atomic E-state index is 13.8. The molecule has 2 aliphatic rings. The van der Waals surface area contributed by atoms with Gasteiger partial charge in [0.1, 0.15) is 11.4 Å². The Morgan fingerprint density at radius 3 is 2.55 bits per heavy atom. The first kappa shape index (κ1) is 38.9. The van der Waals surface area contributed by atoms with Crippen molar-refractivity contribution in [3.05, 3.63) is 59.9 Å². The monoisotopic (exact) mass is 825 g/mol. The Morgan fingerprint density at radius 2 is 1.86 bits per heavy atom. The van der Waals surface area contributed by atoms with Crippen molar-refractivity contribution in [3.63, 3.8) is 0 Å². The number of ether oxygens (including phenoxy) is 3. The molecule has 3 unspecified atom stereocenters. The van der Waals surface area contributed by atoms with E-state index in [9.17, 15) is 13.8 Å². The van der Waals surface area contributed by atoms with Crippen LogP contribution in [0.15, 0.2) is 53.6 Å². The second-order valence-corrected chi connectivity index (χ2v) is 17.4. The lowest BCUT2D eigenvalue weighted by atomic mass is 9.94. The summed E-state index contributed by atoms with van der Waals surface area (Å²) < 4.78 is 37.1. The maximum Gasteiger partial charge on any atom is 0.407 e. The van der Waals surface area contributed by atoms with Crippen LogP contribution in [0.2, 0.25) is 0 Å². The fraction of sp³-hybridized carbons (Fsp3) is 0.471. The van der Waals surface area contributed by atoms with Crippen molar-refractivity contribution in [2.45, 2.75) is 88.2 Å². The molecule has 5 rings (SSSR count). The number of nitrogens with one attached hydrogen (secondary N) is 2. The fourth-order valence-electron chi connectivity index (χ4n) is 5.37. The summed E-state index contributed by atoms with van der Waals surface area (Å²) in [5.41, 5.74) is 6.87. The summed E-state index contributed by atoms with van der Waals surface area (Å²) in [5.74, 6) is -0.230. The van der Waals surface area contributed by atoms with Crippen LogP contribution in [0.25, 0.3) is 11.3 Å². The summed E-state index contributed by atoms with van der Waals surface area (Å²) >= 11 is 2.20. The zero-order valence-corrected chi connectivity index (χ0v) is 32.7. The summed E-state index contributed by atoms with van der Waals surface area (Å²) in [6, 6.07) is 12.5. The summed E-state index contributed by atoms with van der Waals surface area (Å²) in [5, 5.41) is 5.64. The first-order valence-corrected chi connectivity index (χ1v) is 21.1. The summed E-state index contributed by atoms with van der Waals surface area (Å²) in [6.07, 6.45) is 2.77. The Labute approximate surface area is 305 Å². The van der Waals surface area contributed by atoms with Crippen molar-refractivity contribution in [3.8, 4) is 17.0 Å². The first-order chi connectivity index (χ1) is 23.1. The summed E-state index contributed by atoms with van der Waals surface area (Å²) in [7, 11) is -1.36. The molecule has 0 spiro atoms. The van der Waals surface area contributed by atoms with E-state index in [1.807, 2.05) is 20.8 Å². The molecule has 0 saturated carbocycles. The molecular formula is C34H45IN5O7PS. The molecule has 2 amide bonds. The third-order valence-corrected chi connectivity index (χ3v) is 10.5. The second kappa shape index (κ2) is 16.9. The summed E-state index contributed by atoms with van der Waals surface area (Å²) in [4.78, 5) is 35.5. The highest BCUT2D eigenvalue weighted by Crippen LogP contribution is 2.38. The van der Waals surface area contributed by atoms with Gasteiger partial charge in [-0.1, -0.05) is 24.3 Å². The second-order valence-electron chi connectivity index (χ2n) is 13.6. The van der Waals surface area contributed by atoms with Gasteiger partial charge in [-0.15, -0.1) is 0 Å². The number of para-hydroxylation sites is 1. The minimum Gasteiger partial charge on any atom is -0.491 e. The van der Waals surface area contributed by atoms with Crippen molar-refractivity contribution in [2.24, 2.45) is 0 Å². The van der Waals surface area contributed by atoms with Gasteiger partial charge in [-0.2, -0.15) is 0 Å². The number of rotatable bonds is 4. The van der Waals surface area contributed by atoms with Gasteiger partial charge in [-0.3, -0.25) is 9.00 Å². The van der Waals surface area contributed by atoms with Crippen molar-refractivity contribution in [1.82, 2.24) is 15.3 Å². The van der Waals surface area contributed by atoms with Crippen LogP contribution in [0.3, 0.4) is 0 Å². The van der Waals surface area contributed by atoms with Gasteiger partial charge >= 0.3 is 6.09 Å². The van der Waals surface area contributed by atoms with Gasteiger partial charge in [0, 0.05) is 33.9 Å². The number of amides is 2. The third-order valence-electron chi connectivity index (χ3n) is 7.47. The number of nitrogens with two attached hydrogens (primary N) is 1. The van der Waals surface area contributed by atoms with Gasteiger partial charge in [0.05, 0.1) is 53.6 Å². The predicted octanol–water partition coefficient (Wildman–Crippen LogP) is 7.19. The standard InChI is InChI=1S/C34H45IN5O7PS/c1-32(2,3)46-31(42)38-18-23-10-9-11-25-28(23)45-17-8-7-16-44-21-34(6,47-48-35)20-33(4,5)49(43)24-14-12-22(13-15-24)26-19-37-29(36)27(39-26)30(41)40-25/h9-15,19,48H,7-8,16-18,20-21H2,1-6H3,(H2,36,37)(H,38,42)(H,40,41). The number of carbonyl (C=O) groups is 2. The topological polar surface area (TPSA) is 164 Å². The molecule has 12 nitrogen and oxygen atoms in total. The Kier molecular flexibility index (Phi) is 13.4. The van der Waals surface area contributed by atoms with E-state index < -0.39 is 38.7 Å². The fourth-order valence-corrected chi connectivity index (χ4v) is 8.74. The molecule has 3 atom stereocenters. The number of alkyl carbamates (subject to hydrolysis) is 1.